The molecule has 2 heterocycles. The molecule has 140 valence electrons. The molecular formula is C18H24ClN5O2. The second-order valence-corrected chi connectivity index (χ2v) is 6.62. The smallest absolute Gasteiger partial charge is 0.234 e. The number of piperazine rings is 1. The van der Waals surface area contributed by atoms with Gasteiger partial charge in [0.05, 0.1) is 13.2 Å². The van der Waals surface area contributed by atoms with Crippen molar-refractivity contribution in [2.24, 2.45) is 0 Å². The molecule has 0 atom stereocenters. The van der Waals surface area contributed by atoms with E-state index in [1.165, 1.54) is 0 Å². The highest BCUT2D eigenvalue weighted by Crippen LogP contribution is 2.21. The summed E-state index contributed by atoms with van der Waals surface area (Å²) in [4.78, 5) is 20.8. The number of hydrogen-bond donors (Lipinski definition) is 1. The normalized spacial score (nSPS) is 15.2. The van der Waals surface area contributed by atoms with Crippen LogP contribution in [0.3, 0.4) is 0 Å². The fourth-order valence-electron chi connectivity index (χ4n) is 3.01. The summed E-state index contributed by atoms with van der Waals surface area (Å²) in [6.45, 7) is 4.78. The zero-order chi connectivity index (χ0) is 18.4. The summed E-state index contributed by atoms with van der Waals surface area (Å²) < 4.78 is 6.98. The lowest BCUT2D eigenvalue weighted by atomic mass is 10.3. The molecule has 0 aliphatic carbocycles. The summed E-state index contributed by atoms with van der Waals surface area (Å²) in [6.07, 6.45) is 3.74. The van der Waals surface area contributed by atoms with E-state index in [0.29, 0.717) is 24.7 Å². The third-order valence-electron chi connectivity index (χ3n) is 4.36. The number of amides is 1. The van der Waals surface area contributed by atoms with Crippen LogP contribution in [0.2, 0.25) is 5.02 Å². The molecule has 7 nitrogen and oxygen atoms in total. The van der Waals surface area contributed by atoms with E-state index in [-0.39, 0.29) is 5.91 Å². The number of carbonyl (C=O) groups is 1. The minimum absolute atomic E-state index is 0.0379. The van der Waals surface area contributed by atoms with Gasteiger partial charge in [-0.3, -0.25) is 14.3 Å². The van der Waals surface area contributed by atoms with Crippen molar-refractivity contribution in [3.63, 3.8) is 0 Å². The average Bonchev–Trinajstić information content (AvgIpc) is 3.12. The molecule has 1 aromatic heterocycles. The number of hydrogen-bond acceptors (Lipinski definition) is 5. The number of carbonyl (C=O) groups excluding carboxylic acids is 1. The number of aromatic nitrogens is 2. The molecule has 1 aromatic carbocycles. The maximum absolute atomic E-state index is 11.9. The van der Waals surface area contributed by atoms with Crippen molar-refractivity contribution in [1.29, 1.82) is 0 Å². The highest BCUT2D eigenvalue weighted by molar-refractivity contribution is 6.30. The van der Waals surface area contributed by atoms with Crippen LogP contribution in [0.25, 0.3) is 5.69 Å². The van der Waals surface area contributed by atoms with E-state index >= 15 is 0 Å². The van der Waals surface area contributed by atoms with Crippen LogP contribution in [0.15, 0.2) is 36.7 Å². The van der Waals surface area contributed by atoms with E-state index < -0.39 is 0 Å². The molecule has 26 heavy (non-hydrogen) atoms. The molecule has 1 fully saturated rings. The Morgan fingerprint density at radius 3 is 2.85 bits per heavy atom. The fraction of sp³-hybridized carbons (Fsp3) is 0.444. The van der Waals surface area contributed by atoms with Gasteiger partial charge in [-0.25, -0.2) is 4.98 Å². The van der Waals surface area contributed by atoms with E-state index in [4.69, 9.17) is 16.3 Å². The molecule has 1 aliphatic heterocycles. The van der Waals surface area contributed by atoms with Crippen molar-refractivity contribution >= 4 is 23.5 Å². The number of benzene rings is 1. The summed E-state index contributed by atoms with van der Waals surface area (Å²) in [5, 5.41) is 3.56. The second kappa shape index (κ2) is 9.02. The Bertz CT molecular complexity index is 728. The van der Waals surface area contributed by atoms with E-state index in [1.54, 1.807) is 13.3 Å². The standard InChI is InChI=1S/C18H24ClN5O2/c1-26-12-6-20-17(25)14-22-8-10-23(11-9-22)18-21-5-7-24(18)16-4-2-3-15(19)13-16/h2-5,7,13H,6,8-12,14H2,1H3,(H,20,25). The largest absolute Gasteiger partial charge is 0.383 e. The van der Waals surface area contributed by atoms with Gasteiger partial charge in [-0.05, 0) is 18.2 Å². The van der Waals surface area contributed by atoms with Gasteiger partial charge in [0, 0.05) is 62.9 Å². The minimum Gasteiger partial charge on any atom is -0.383 e. The number of halogens is 1. The first kappa shape index (κ1) is 18.7. The molecule has 0 unspecified atom stereocenters. The van der Waals surface area contributed by atoms with Crippen LogP contribution in [0.5, 0.6) is 0 Å². The average molecular weight is 378 g/mol. The zero-order valence-electron chi connectivity index (χ0n) is 14.9. The van der Waals surface area contributed by atoms with Gasteiger partial charge in [-0.2, -0.15) is 0 Å². The van der Waals surface area contributed by atoms with Crippen molar-refractivity contribution in [3.8, 4) is 5.69 Å². The van der Waals surface area contributed by atoms with Crippen molar-refractivity contribution in [2.75, 3.05) is 57.9 Å². The Labute approximate surface area is 158 Å². The minimum atomic E-state index is 0.0379. The fourth-order valence-corrected chi connectivity index (χ4v) is 3.20. The number of imidazole rings is 1. The molecule has 1 aliphatic rings. The monoisotopic (exact) mass is 377 g/mol. The van der Waals surface area contributed by atoms with Gasteiger partial charge in [-0.15, -0.1) is 0 Å². The number of methoxy groups -OCH3 is 1. The van der Waals surface area contributed by atoms with Crippen LogP contribution in [0.4, 0.5) is 5.95 Å². The van der Waals surface area contributed by atoms with E-state index in [2.05, 4.69) is 20.1 Å². The van der Waals surface area contributed by atoms with Gasteiger partial charge in [0.25, 0.3) is 0 Å². The van der Waals surface area contributed by atoms with E-state index in [1.807, 2.05) is 35.0 Å². The van der Waals surface area contributed by atoms with Crippen LogP contribution < -0.4 is 10.2 Å². The van der Waals surface area contributed by atoms with Crippen LogP contribution in [-0.2, 0) is 9.53 Å². The third kappa shape index (κ3) is 4.75. The quantitative estimate of drug-likeness (QED) is 0.739. The first-order chi connectivity index (χ1) is 12.7. The topological polar surface area (TPSA) is 62.6 Å². The van der Waals surface area contributed by atoms with Crippen molar-refractivity contribution in [2.45, 2.75) is 0 Å². The number of ether oxygens (including phenoxy) is 1. The first-order valence-corrected chi connectivity index (χ1v) is 9.07. The number of nitrogens with zero attached hydrogens (tertiary/aromatic N) is 4. The maximum atomic E-state index is 11.9. The van der Waals surface area contributed by atoms with Crippen molar-refractivity contribution in [3.05, 3.63) is 41.7 Å². The van der Waals surface area contributed by atoms with Gasteiger partial charge in [-0.1, -0.05) is 17.7 Å². The van der Waals surface area contributed by atoms with Gasteiger partial charge in [0.15, 0.2) is 0 Å². The lowest BCUT2D eigenvalue weighted by Crippen LogP contribution is -2.50. The molecule has 3 rings (SSSR count). The van der Waals surface area contributed by atoms with Gasteiger partial charge < -0.3 is 15.0 Å². The third-order valence-corrected chi connectivity index (χ3v) is 4.59. The van der Waals surface area contributed by atoms with Crippen molar-refractivity contribution in [1.82, 2.24) is 19.8 Å². The Balaban J connectivity index is 1.56. The molecule has 1 amide bonds. The lowest BCUT2D eigenvalue weighted by molar-refractivity contribution is -0.122. The summed E-state index contributed by atoms with van der Waals surface area (Å²) in [7, 11) is 1.62. The second-order valence-electron chi connectivity index (χ2n) is 6.18. The lowest BCUT2D eigenvalue weighted by Gasteiger charge is -2.35. The predicted octanol–water partition coefficient (Wildman–Crippen LogP) is 1.41. The van der Waals surface area contributed by atoms with Crippen LogP contribution in [0.1, 0.15) is 0 Å². The molecule has 0 saturated carbocycles. The Hall–Kier alpha value is -2.09. The first-order valence-electron chi connectivity index (χ1n) is 8.69. The molecule has 2 aromatic rings. The summed E-state index contributed by atoms with van der Waals surface area (Å²) >= 11 is 6.11. The molecule has 1 N–H and O–H groups in total. The number of rotatable bonds is 7. The van der Waals surface area contributed by atoms with E-state index in [9.17, 15) is 4.79 Å². The summed E-state index contributed by atoms with van der Waals surface area (Å²) in [5.41, 5.74) is 0.991. The summed E-state index contributed by atoms with van der Waals surface area (Å²) in [6, 6.07) is 7.73. The highest BCUT2D eigenvalue weighted by Gasteiger charge is 2.22. The molecule has 0 radical (unpaired) electrons. The molecular weight excluding hydrogens is 354 g/mol. The van der Waals surface area contributed by atoms with Crippen LogP contribution >= 0.6 is 11.6 Å². The van der Waals surface area contributed by atoms with Crippen LogP contribution in [0, 0.1) is 0 Å². The van der Waals surface area contributed by atoms with Gasteiger partial charge in [0.1, 0.15) is 0 Å². The molecule has 0 bridgehead atoms. The SMILES string of the molecule is COCCNC(=O)CN1CCN(c2nccn2-c2cccc(Cl)c2)CC1. The molecule has 1 saturated heterocycles. The number of anilines is 1. The Morgan fingerprint density at radius 2 is 2.12 bits per heavy atom. The Kier molecular flexibility index (Phi) is 6.49. The maximum Gasteiger partial charge on any atom is 0.234 e. The van der Waals surface area contributed by atoms with Crippen LogP contribution in [-0.4, -0.2) is 73.3 Å². The number of nitrogens with one attached hydrogen (secondary N) is 1. The molecule has 8 heteroatoms. The van der Waals surface area contributed by atoms with Gasteiger partial charge in [0.2, 0.25) is 11.9 Å². The predicted molar refractivity (Wildman–Crippen MR) is 102 cm³/mol. The molecule has 0 spiro atoms. The van der Waals surface area contributed by atoms with E-state index in [0.717, 1.165) is 37.8 Å². The highest BCUT2D eigenvalue weighted by atomic mass is 35.5. The van der Waals surface area contributed by atoms with Gasteiger partial charge >= 0.3 is 0 Å². The zero-order valence-corrected chi connectivity index (χ0v) is 15.7. The Morgan fingerprint density at radius 1 is 1.31 bits per heavy atom. The summed E-state index contributed by atoms with van der Waals surface area (Å²) in [5.74, 6) is 0.937. The van der Waals surface area contributed by atoms with Crippen molar-refractivity contribution < 1.29 is 9.53 Å².